The third-order valence-corrected chi connectivity index (χ3v) is 7.35. The van der Waals surface area contributed by atoms with Crippen LogP contribution in [0, 0.1) is 17.0 Å². The number of rotatable bonds is 8. The summed E-state index contributed by atoms with van der Waals surface area (Å²) in [5.41, 5.74) is 2.17. The molecule has 0 unspecified atom stereocenters. The molecule has 1 saturated heterocycles. The number of aliphatic imine (C=N–C) groups is 1. The Morgan fingerprint density at radius 2 is 1.97 bits per heavy atom. The maximum atomic E-state index is 13.5. The van der Waals surface area contributed by atoms with Crippen molar-refractivity contribution in [3.8, 4) is 17.2 Å². The van der Waals surface area contributed by atoms with Crippen LogP contribution in [0.3, 0.4) is 0 Å². The largest absolute Gasteiger partial charge is 0.496 e. The average Bonchev–Trinajstić information content (AvgIpc) is 3.50. The first-order valence-electron chi connectivity index (χ1n) is 12.0. The molecule has 0 radical (unpaired) electrons. The zero-order chi connectivity index (χ0) is 27.5. The number of amidine groups is 1. The fraction of sp³-hybridized carbons (Fsp3) is 0.222. The number of para-hydroxylation sites is 1. The van der Waals surface area contributed by atoms with Crippen LogP contribution in [0.4, 0.5) is 17.1 Å². The Hall–Kier alpha value is -4.58. The van der Waals surface area contributed by atoms with Gasteiger partial charge in [-0.2, -0.15) is 0 Å². The number of hydrogen-bond donors (Lipinski definition) is 1. The lowest BCUT2D eigenvalue weighted by atomic mass is 10.1. The summed E-state index contributed by atoms with van der Waals surface area (Å²) < 4.78 is 15.9. The van der Waals surface area contributed by atoms with E-state index >= 15 is 0 Å². The Balaban J connectivity index is 1.38. The summed E-state index contributed by atoms with van der Waals surface area (Å²) in [4.78, 5) is 43.7. The zero-order valence-electron chi connectivity index (χ0n) is 21.1. The summed E-state index contributed by atoms with van der Waals surface area (Å²) in [6.07, 6.45) is -0.197. The van der Waals surface area contributed by atoms with Crippen LogP contribution < -0.4 is 19.5 Å². The monoisotopic (exact) mass is 548 g/mol. The zero-order valence-corrected chi connectivity index (χ0v) is 21.9. The van der Waals surface area contributed by atoms with E-state index in [4.69, 9.17) is 19.2 Å². The number of nitro groups is 1. The molecule has 0 aliphatic carbocycles. The molecule has 2 aliphatic heterocycles. The minimum Gasteiger partial charge on any atom is -0.496 e. The first-order valence-corrected chi connectivity index (χ1v) is 12.8. The van der Waals surface area contributed by atoms with Crippen LogP contribution in [0.25, 0.3) is 0 Å². The van der Waals surface area contributed by atoms with Crippen LogP contribution in [-0.2, 0) is 16.1 Å². The van der Waals surface area contributed by atoms with E-state index in [2.05, 4.69) is 5.32 Å². The van der Waals surface area contributed by atoms with E-state index in [0.29, 0.717) is 22.4 Å². The number of thioether (sulfide) groups is 1. The van der Waals surface area contributed by atoms with Crippen molar-refractivity contribution >= 4 is 45.8 Å². The molecule has 200 valence electrons. The van der Waals surface area contributed by atoms with E-state index in [0.717, 1.165) is 11.1 Å². The van der Waals surface area contributed by atoms with Gasteiger partial charge in [-0.15, -0.1) is 0 Å². The Kier molecular flexibility index (Phi) is 7.37. The quantitative estimate of drug-likeness (QED) is 0.314. The van der Waals surface area contributed by atoms with Crippen LogP contribution in [0.2, 0.25) is 0 Å². The predicted octanol–water partition coefficient (Wildman–Crippen LogP) is 4.80. The molecule has 2 amide bonds. The minimum absolute atomic E-state index is 0.0206. The van der Waals surface area contributed by atoms with E-state index in [1.165, 1.54) is 37.1 Å². The van der Waals surface area contributed by atoms with Crippen molar-refractivity contribution in [2.45, 2.75) is 25.1 Å². The SMILES string of the molecule is COc1ccc(NC(=O)C[C@@H]2SC(=Nc3ccccc3C)N(Cc3ccc4c(c3)OCO4)C2=O)c([N+](=O)[O-])c1. The van der Waals surface area contributed by atoms with Gasteiger partial charge in [-0.1, -0.05) is 36.0 Å². The van der Waals surface area contributed by atoms with E-state index in [1.807, 2.05) is 43.3 Å². The normalized spacial score (nSPS) is 17.0. The first kappa shape index (κ1) is 26.0. The number of aryl methyl sites for hydroxylation is 1. The third kappa shape index (κ3) is 5.65. The number of nitrogens with zero attached hydrogens (tertiary/aromatic N) is 3. The van der Waals surface area contributed by atoms with Gasteiger partial charge < -0.3 is 19.5 Å². The fourth-order valence-corrected chi connectivity index (χ4v) is 5.30. The molecule has 12 heteroatoms. The average molecular weight is 549 g/mol. The van der Waals surface area contributed by atoms with Crippen LogP contribution in [0.15, 0.2) is 65.7 Å². The predicted molar refractivity (Wildman–Crippen MR) is 146 cm³/mol. The van der Waals surface area contributed by atoms with Crippen molar-refractivity contribution in [2.75, 3.05) is 19.2 Å². The van der Waals surface area contributed by atoms with E-state index in [-0.39, 0.29) is 42.8 Å². The number of amides is 2. The second-order valence-electron chi connectivity index (χ2n) is 8.79. The molecule has 2 heterocycles. The van der Waals surface area contributed by atoms with Gasteiger partial charge in [0, 0.05) is 6.42 Å². The van der Waals surface area contributed by atoms with E-state index in [1.54, 1.807) is 11.0 Å². The van der Waals surface area contributed by atoms with Crippen molar-refractivity contribution in [3.05, 3.63) is 81.9 Å². The number of methoxy groups -OCH3 is 1. The van der Waals surface area contributed by atoms with Crippen molar-refractivity contribution in [3.63, 3.8) is 0 Å². The van der Waals surface area contributed by atoms with Gasteiger partial charge in [0.2, 0.25) is 18.6 Å². The summed E-state index contributed by atoms with van der Waals surface area (Å²) in [6.45, 7) is 2.28. The number of nitrogens with one attached hydrogen (secondary N) is 1. The first-order chi connectivity index (χ1) is 18.8. The van der Waals surface area contributed by atoms with Gasteiger partial charge >= 0.3 is 0 Å². The molecular formula is C27H24N4O7S. The highest BCUT2D eigenvalue weighted by molar-refractivity contribution is 8.15. The molecule has 1 atom stereocenters. The molecule has 0 saturated carbocycles. The van der Waals surface area contributed by atoms with Gasteiger partial charge in [-0.3, -0.25) is 24.6 Å². The smallest absolute Gasteiger partial charge is 0.296 e. The van der Waals surface area contributed by atoms with Crippen LogP contribution in [0.1, 0.15) is 17.5 Å². The van der Waals surface area contributed by atoms with Gasteiger partial charge in [0.1, 0.15) is 16.7 Å². The summed E-state index contributed by atoms with van der Waals surface area (Å²) in [5, 5.41) is 13.8. The molecule has 1 fully saturated rings. The van der Waals surface area contributed by atoms with E-state index in [9.17, 15) is 19.7 Å². The number of carbonyl (C=O) groups is 2. The number of carbonyl (C=O) groups excluding carboxylic acids is 2. The second-order valence-corrected chi connectivity index (χ2v) is 9.96. The van der Waals surface area contributed by atoms with E-state index < -0.39 is 16.1 Å². The lowest BCUT2D eigenvalue weighted by molar-refractivity contribution is -0.384. The number of benzene rings is 3. The van der Waals surface area contributed by atoms with Crippen molar-refractivity contribution < 1.29 is 28.7 Å². The molecule has 39 heavy (non-hydrogen) atoms. The molecule has 0 bridgehead atoms. The van der Waals surface area contributed by atoms with Gasteiger partial charge in [0.15, 0.2) is 16.7 Å². The maximum absolute atomic E-state index is 13.5. The number of anilines is 1. The molecule has 3 aromatic carbocycles. The van der Waals surface area contributed by atoms with Gasteiger partial charge in [0.05, 0.1) is 30.3 Å². The molecule has 3 aromatic rings. The number of hydrogen-bond acceptors (Lipinski definition) is 9. The van der Waals surface area contributed by atoms with Gasteiger partial charge in [0.25, 0.3) is 5.69 Å². The highest BCUT2D eigenvalue weighted by Crippen LogP contribution is 2.37. The third-order valence-electron chi connectivity index (χ3n) is 6.18. The molecule has 0 aromatic heterocycles. The lowest BCUT2D eigenvalue weighted by Crippen LogP contribution is -2.33. The highest BCUT2D eigenvalue weighted by Gasteiger charge is 2.39. The van der Waals surface area contributed by atoms with Crippen molar-refractivity contribution in [1.82, 2.24) is 4.90 Å². The topological polar surface area (TPSA) is 133 Å². The van der Waals surface area contributed by atoms with Crippen LogP contribution in [0.5, 0.6) is 17.2 Å². The fourth-order valence-electron chi connectivity index (χ4n) is 4.15. The molecular weight excluding hydrogens is 524 g/mol. The Labute approximate surface area is 227 Å². The van der Waals surface area contributed by atoms with Crippen molar-refractivity contribution in [1.29, 1.82) is 0 Å². The molecule has 1 N–H and O–H groups in total. The summed E-state index contributed by atoms with van der Waals surface area (Å²) in [5.74, 6) is 0.703. The number of nitro benzene ring substituents is 1. The summed E-state index contributed by atoms with van der Waals surface area (Å²) in [6, 6.07) is 17.1. The summed E-state index contributed by atoms with van der Waals surface area (Å²) >= 11 is 1.19. The Bertz CT molecular complexity index is 1490. The maximum Gasteiger partial charge on any atom is 0.296 e. The lowest BCUT2D eigenvalue weighted by Gasteiger charge is -2.17. The van der Waals surface area contributed by atoms with Crippen LogP contribution in [-0.4, -0.2) is 46.0 Å². The van der Waals surface area contributed by atoms with Gasteiger partial charge in [-0.05, 0) is 48.4 Å². The van der Waals surface area contributed by atoms with Crippen LogP contribution >= 0.6 is 11.8 Å². The number of fused-ring (bicyclic) bond motifs is 1. The Morgan fingerprint density at radius 1 is 1.18 bits per heavy atom. The molecule has 0 spiro atoms. The Morgan fingerprint density at radius 3 is 2.74 bits per heavy atom. The summed E-state index contributed by atoms with van der Waals surface area (Å²) in [7, 11) is 1.39. The standard InChI is InChI=1S/C27H24N4O7S/c1-16-5-3-4-6-19(16)29-27-30(14-17-7-10-22-23(11-17)38-15-37-22)26(33)24(39-27)13-25(32)28-20-9-8-18(36-2)12-21(20)31(34)35/h3-12,24H,13-15H2,1-2H3,(H,28,32)/t24-/m0/s1. The molecule has 2 aliphatic rings. The second kappa shape index (κ2) is 11.0. The molecule has 11 nitrogen and oxygen atoms in total. The molecule has 5 rings (SSSR count). The minimum atomic E-state index is -0.765. The van der Waals surface area contributed by atoms with Crippen molar-refractivity contribution in [2.24, 2.45) is 4.99 Å². The number of ether oxygens (including phenoxy) is 3. The highest BCUT2D eigenvalue weighted by atomic mass is 32.2. The van der Waals surface area contributed by atoms with Gasteiger partial charge in [-0.25, -0.2) is 4.99 Å².